The Labute approximate surface area is 178 Å². The van der Waals surface area contributed by atoms with Crippen LogP contribution in [0.25, 0.3) is 0 Å². The molecule has 3 aromatic rings. The molecule has 1 aromatic heterocycles. The molecule has 6 nitrogen and oxygen atoms in total. The largest absolute Gasteiger partial charge is 0.484 e. The Balaban J connectivity index is 1.42. The first-order valence-corrected chi connectivity index (χ1v) is 10.2. The van der Waals surface area contributed by atoms with Gasteiger partial charge in [0, 0.05) is 18.0 Å². The number of rotatable bonds is 3. The predicted molar refractivity (Wildman–Crippen MR) is 109 cm³/mol. The lowest BCUT2D eigenvalue weighted by molar-refractivity contribution is -0.142. The summed E-state index contributed by atoms with van der Waals surface area (Å²) < 4.78 is 12.0. The maximum atomic E-state index is 13.5. The van der Waals surface area contributed by atoms with E-state index in [1.165, 1.54) is 0 Å². The van der Waals surface area contributed by atoms with Crippen LogP contribution < -0.4 is 9.47 Å². The highest BCUT2D eigenvalue weighted by atomic mass is 16.5. The fourth-order valence-corrected chi connectivity index (χ4v) is 5.56. The summed E-state index contributed by atoms with van der Waals surface area (Å²) in [6.45, 7) is 0. The summed E-state index contributed by atoms with van der Waals surface area (Å²) in [4.78, 5) is 17.9. The number of hydrogen-bond donors (Lipinski definition) is 1. The Morgan fingerprint density at radius 3 is 2.65 bits per heavy atom. The summed E-state index contributed by atoms with van der Waals surface area (Å²) in [5.41, 5.74) is -0.331. The van der Waals surface area contributed by atoms with E-state index in [4.69, 9.17) is 14.7 Å². The lowest BCUT2D eigenvalue weighted by Gasteiger charge is -2.30. The van der Waals surface area contributed by atoms with Gasteiger partial charge in [-0.2, -0.15) is 5.26 Å². The minimum absolute atomic E-state index is 0.350. The van der Waals surface area contributed by atoms with Crippen molar-refractivity contribution in [1.82, 2.24) is 4.98 Å². The molecule has 2 aliphatic carbocycles. The number of carbonyl (C=O) groups excluding carboxylic acids is 1. The van der Waals surface area contributed by atoms with Gasteiger partial charge in [-0.3, -0.25) is 9.78 Å². The van der Waals surface area contributed by atoms with Gasteiger partial charge >= 0.3 is 5.97 Å². The van der Waals surface area contributed by atoms with Gasteiger partial charge in [-0.1, -0.05) is 30.3 Å². The molecule has 2 saturated carbocycles. The van der Waals surface area contributed by atoms with Gasteiger partial charge in [-0.15, -0.1) is 0 Å². The quantitative estimate of drug-likeness (QED) is 0.526. The number of aromatic nitrogens is 1. The number of benzene rings is 2. The molecule has 5 atom stereocenters. The second-order valence-electron chi connectivity index (χ2n) is 8.43. The zero-order valence-corrected chi connectivity index (χ0v) is 16.4. The summed E-state index contributed by atoms with van der Waals surface area (Å²) >= 11 is 0. The lowest BCUT2D eigenvalue weighted by Crippen LogP contribution is -2.40. The molecule has 2 fully saturated rings. The van der Waals surface area contributed by atoms with Crippen molar-refractivity contribution in [2.75, 3.05) is 0 Å². The van der Waals surface area contributed by atoms with Gasteiger partial charge in [0.05, 0.1) is 17.0 Å². The van der Waals surface area contributed by atoms with Gasteiger partial charge < -0.3 is 14.6 Å². The van der Waals surface area contributed by atoms with Crippen LogP contribution in [0.2, 0.25) is 0 Å². The van der Waals surface area contributed by atoms with Gasteiger partial charge in [0.15, 0.2) is 5.60 Å². The van der Waals surface area contributed by atoms with Crippen molar-refractivity contribution >= 4 is 5.97 Å². The van der Waals surface area contributed by atoms with Crippen LogP contribution >= 0.6 is 0 Å². The molecule has 3 aliphatic rings. The molecule has 0 spiro atoms. The van der Waals surface area contributed by atoms with E-state index in [0.717, 1.165) is 5.56 Å². The van der Waals surface area contributed by atoms with Gasteiger partial charge in [-0.25, -0.2) is 0 Å². The Morgan fingerprint density at radius 2 is 1.90 bits per heavy atom. The van der Waals surface area contributed by atoms with Gasteiger partial charge in [0.1, 0.15) is 23.3 Å². The molecule has 6 rings (SSSR count). The summed E-state index contributed by atoms with van der Waals surface area (Å²) in [5.74, 6) is -0.169. The van der Waals surface area contributed by atoms with Crippen LogP contribution in [0.1, 0.15) is 29.2 Å². The van der Waals surface area contributed by atoms with Crippen molar-refractivity contribution < 1.29 is 19.4 Å². The van der Waals surface area contributed by atoms with E-state index in [-0.39, 0.29) is 17.8 Å². The maximum Gasteiger partial charge on any atom is 0.318 e. The number of esters is 1. The van der Waals surface area contributed by atoms with Crippen LogP contribution in [0, 0.1) is 22.7 Å². The van der Waals surface area contributed by atoms with Crippen molar-refractivity contribution in [3.8, 4) is 17.6 Å². The number of carbonyl (C=O) groups is 1. The van der Waals surface area contributed by atoms with E-state index in [9.17, 15) is 9.90 Å². The Hall–Kier alpha value is -3.69. The summed E-state index contributed by atoms with van der Waals surface area (Å²) in [6, 6.07) is 21.8. The highest BCUT2D eigenvalue weighted by molar-refractivity contribution is 5.86. The molecule has 2 aromatic carbocycles. The van der Waals surface area contributed by atoms with Crippen LogP contribution in [0.4, 0.5) is 0 Å². The van der Waals surface area contributed by atoms with Gasteiger partial charge in [0.25, 0.3) is 0 Å². The van der Waals surface area contributed by atoms with E-state index in [1.54, 1.807) is 42.6 Å². The predicted octanol–water partition coefficient (Wildman–Crippen LogP) is 3.31. The fraction of sp³-hybridized carbons (Fsp3) is 0.240. The molecule has 0 bridgehead atoms. The second-order valence-corrected chi connectivity index (χ2v) is 8.43. The minimum atomic E-state index is -1.35. The van der Waals surface area contributed by atoms with E-state index >= 15 is 0 Å². The second kappa shape index (κ2) is 6.16. The van der Waals surface area contributed by atoms with Crippen LogP contribution in [-0.2, 0) is 10.4 Å². The zero-order valence-electron chi connectivity index (χ0n) is 16.4. The average Bonchev–Trinajstić information content (AvgIpc) is 3.43. The number of ether oxygens (including phenoxy) is 2. The number of nitrogens with zero attached hydrogens (tertiary/aromatic N) is 2. The van der Waals surface area contributed by atoms with Crippen molar-refractivity contribution in [2.45, 2.75) is 24.0 Å². The van der Waals surface area contributed by atoms with Crippen LogP contribution in [-0.4, -0.2) is 22.2 Å². The summed E-state index contributed by atoms with van der Waals surface area (Å²) in [5, 5.41) is 20.8. The summed E-state index contributed by atoms with van der Waals surface area (Å²) in [7, 11) is 0. The third-order valence-electron chi connectivity index (χ3n) is 6.96. The fourth-order valence-electron chi connectivity index (χ4n) is 5.56. The summed E-state index contributed by atoms with van der Waals surface area (Å²) in [6.07, 6.45) is 1.51. The van der Waals surface area contributed by atoms with E-state index in [2.05, 4.69) is 11.1 Å². The van der Waals surface area contributed by atoms with Crippen LogP contribution in [0.5, 0.6) is 11.5 Å². The minimum Gasteiger partial charge on any atom is -0.484 e. The lowest BCUT2D eigenvalue weighted by atomic mass is 9.80. The molecule has 0 radical (unpaired) electrons. The monoisotopic (exact) mass is 410 g/mol. The highest BCUT2D eigenvalue weighted by Gasteiger charge is 2.84. The molecule has 0 saturated heterocycles. The van der Waals surface area contributed by atoms with E-state index < -0.39 is 17.1 Å². The number of hydrogen-bond acceptors (Lipinski definition) is 6. The topological polar surface area (TPSA) is 92.4 Å². The molecule has 31 heavy (non-hydrogen) atoms. The van der Waals surface area contributed by atoms with Gasteiger partial charge in [-0.05, 0) is 48.4 Å². The van der Waals surface area contributed by atoms with E-state index in [0.29, 0.717) is 29.2 Å². The third-order valence-corrected chi connectivity index (χ3v) is 6.96. The molecule has 152 valence electrons. The number of pyridine rings is 1. The third kappa shape index (κ3) is 2.30. The van der Waals surface area contributed by atoms with Crippen molar-refractivity contribution in [3.63, 3.8) is 0 Å². The zero-order chi connectivity index (χ0) is 21.2. The standard InChI is InChI=1S/C25H18N2O4/c26-14-15-8-10-17(11-9-15)30-23(28)24-13-19(24)25(29)21-18(7-4-12-27-21)31-22(25)20(24)16-5-2-1-3-6-16/h1-12,19-20,22,29H,13H2. The molecule has 2 heterocycles. The molecule has 5 unspecified atom stereocenters. The first-order valence-electron chi connectivity index (χ1n) is 10.2. The number of fused-ring (bicyclic) bond motifs is 5. The molecule has 1 aliphatic heterocycles. The molecule has 1 N–H and O–H groups in total. The van der Waals surface area contributed by atoms with Crippen molar-refractivity contribution in [2.24, 2.45) is 11.3 Å². The smallest absolute Gasteiger partial charge is 0.318 e. The van der Waals surface area contributed by atoms with Crippen molar-refractivity contribution in [3.05, 3.63) is 89.7 Å². The molecule has 6 heteroatoms. The Bertz CT molecular complexity index is 1240. The molecule has 0 amide bonds. The molecular formula is C25H18N2O4. The maximum absolute atomic E-state index is 13.5. The molecular weight excluding hydrogens is 392 g/mol. The first-order chi connectivity index (χ1) is 15.1. The SMILES string of the molecule is N#Cc1ccc(OC(=O)C23CC2C2(O)c4ncccc4OC2C3c2ccccc2)cc1. The van der Waals surface area contributed by atoms with Gasteiger partial charge in [0.2, 0.25) is 0 Å². The number of aliphatic hydroxyl groups is 1. The normalized spacial score (nSPS) is 31.5. The van der Waals surface area contributed by atoms with Crippen molar-refractivity contribution in [1.29, 1.82) is 5.26 Å². The first kappa shape index (κ1) is 18.1. The number of nitriles is 1. The average molecular weight is 410 g/mol. The van der Waals surface area contributed by atoms with Crippen LogP contribution in [0.3, 0.4) is 0 Å². The highest BCUT2D eigenvalue weighted by Crippen LogP contribution is 2.78. The Morgan fingerprint density at radius 1 is 1.13 bits per heavy atom. The Kier molecular flexibility index (Phi) is 3.60. The van der Waals surface area contributed by atoms with E-state index in [1.807, 2.05) is 30.3 Å². The van der Waals surface area contributed by atoms with Crippen LogP contribution in [0.15, 0.2) is 72.9 Å².